The number of hydrogen-bond donors (Lipinski definition) is 1. The summed E-state index contributed by atoms with van der Waals surface area (Å²) < 4.78 is 5.02. The molecular weight excluding hydrogens is 268 g/mol. The average Bonchev–Trinajstić information content (AvgIpc) is 2.90. The molecule has 108 valence electrons. The largest absolute Gasteiger partial charge is 0.490 e. The van der Waals surface area contributed by atoms with Gasteiger partial charge in [-0.2, -0.15) is 0 Å². The zero-order chi connectivity index (χ0) is 14.8. The number of nitro benzene ring substituents is 1. The van der Waals surface area contributed by atoms with Crippen LogP contribution in [0.1, 0.15) is 23.6 Å². The molecule has 0 saturated heterocycles. The molecule has 21 heavy (non-hydrogen) atoms. The van der Waals surface area contributed by atoms with Gasteiger partial charge in [0.05, 0.1) is 18.1 Å². The maximum atomic E-state index is 11.1. The third kappa shape index (κ3) is 2.54. The minimum Gasteiger partial charge on any atom is -0.490 e. The molecule has 0 heterocycles. The molecule has 5 heteroatoms. The van der Waals surface area contributed by atoms with Crippen LogP contribution in [0.4, 0.5) is 11.4 Å². The third-order valence-electron chi connectivity index (χ3n) is 3.85. The number of rotatable bonds is 4. The van der Waals surface area contributed by atoms with Crippen molar-refractivity contribution in [3.05, 3.63) is 63.7 Å². The van der Waals surface area contributed by atoms with Gasteiger partial charge in [0, 0.05) is 11.8 Å². The van der Waals surface area contributed by atoms with E-state index in [0.717, 1.165) is 18.5 Å². The molecular formula is C16H16N2O3. The number of nitrogens with one attached hydrogen (secondary N) is 1. The fourth-order valence-corrected chi connectivity index (χ4v) is 2.83. The molecule has 1 unspecified atom stereocenters. The number of ether oxygens (including phenoxy) is 1. The van der Waals surface area contributed by atoms with Crippen molar-refractivity contribution in [2.45, 2.75) is 18.9 Å². The molecule has 0 amide bonds. The molecule has 2 aromatic rings. The normalized spacial score (nSPS) is 16.3. The Balaban J connectivity index is 1.86. The smallest absolute Gasteiger partial charge is 0.312 e. The van der Waals surface area contributed by atoms with Gasteiger partial charge in [-0.3, -0.25) is 10.1 Å². The predicted octanol–water partition coefficient (Wildman–Crippen LogP) is 3.70. The second-order valence-electron chi connectivity index (χ2n) is 5.08. The van der Waals surface area contributed by atoms with Gasteiger partial charge in [-0.15, -0.1) is 0 Å². The predicted molar refractivity (Wildman–Crippen MR) is 80.8 cm³/mol. The van der Waals surface area contributed by atoms with Crippen molar-refractivity contribution in [3.63, 3.8) is 0 Å². The minimum atomic E-state index is -0.424. The van der Waals surface area contributed by atoms with Crippen LogP contribution in [0, 0.1) is 10.1 Å². The Kier molecular flexibility index (Phi) is 3.48. The van der Waals surface area contributed by atoms with Gasteiger partial charge in [-0.05, 0) is 36.1 Å². The lowest BCUT2D eigenvalue weighted by atomic mass is 10.1. The monoisotopic (exact) mass is 284 g/mol. The number of anilines is 1. The first kappa shape index (κ1) is 13.4. The number of nitro groups is 1. The molecule has 0 aromatic heterocycles. The van der Waals surface area contributed by atoms with Crippen molar-refractivity contribution in [3.8, 4) is 5.75 Å². The lowest BCUT2D eigenvalue weighted by Gasteiger charge is -2.15. The number of nitrogens with zero attached hydrogens (tertiary/aromatic N) is 1. The SMILES string of the molecule is COc1ccc(NC2CCc3ccccc32)cc1[N+](=O)[O-]. The van der Waals surface area contributed by atoms with E-state index in [-0.39, 0.29) is 17.5 Å². The van der Waals surface area contributed by atoms with Crippen molar-refractivity contribution in [2.24, 2.45) is 0 Å². The standard InChI is InChI=1S/C16H16N2O3/c1-21-16-9-7-12(10-15(16)18(19)20)17-14-8-6-11-4-2-3-5-13(11)14/h2-5,7,9-10,14,17H,6,8H2,1H3. The Morgan fingerprint density at radius 2 is 2.10 bits per heavy atom. The van der Waals surface area contributed by atoms with E-state index >= 15 is 0 Å². The minimum absolute atomic E-state index is 0.0196. The Morgan fingerprint density at radius 1 is 1.29 bits per heavy atom. The first-order valence-corrected chi connectivity index (χ1v) is 6.86. The molecule has 2 aromatic carbocycles. The third-order valence-corrected chi connectivity index (χ3v) is 3.85. The van der Waals surface area contributed by atoms with Crippen LogP contribution in [-0.2, 0) is 6.42 Å². The molecule has 0 radical (unpaired) electrons. The fraction of sp³-hybridized carbons (Fsp3) is 0.250. The first-order valence-electron chi connectivity index (χ1n) is 6.86. The van der Waals surface area contributed by atoms with E-state index in [4.69, 9.17) is 4.74 Å². The Hall–Kier alpha value is -2.56. The Labute approximate surface area is 122 Å². The lowest BCUT2D eigenvalue weighted by molar-refractivity contribution is -0.385. The van der Waals surface area contributed by atoms with Crippen molar-refractivity contribution < 1.29 is 9.66 Å². The molecule has 0 saturated carbocycles. The van der Waals surface area contributed by atoms with E-state index in [1.807, 2.05) is 18.2 Å². The summed E-state index contributed by atoms with van der Waals surface area (Å²) in [4.78, 5) is 10.6. The zero-order valence-corrected chi connectivity index (χ0v) is 11.7. The molecule has 0 bridgehead atoms. The second-order valence-corrected chi connectivity index (χ2v) is 5.08. The summed E-state index contributed by atoms with van der Waals surface area (Å²) in [7, 11) is 1.43. The van der Waals surface area contributed by atoms with Gasteiger partial charge in [-0.25, -0.2) is 0 Å². The summed E-state index contributed by atoms with van der Waals surface area (Å²) in [6.45, 7) is 0. The van der Waals surface area contributed by atoms with Crippen molar-refractivity contribution in [2.75, 3.05) is 12.4 Å². The van der Waals surface area contributed by atoms with Gasteiger partial charge < -0.3 is 10.1 Å². The van der Waals surface area contributed by atoms with Crippen molar-refractivity contribution in [1.29, 1.82) is 0 Å². The van der Waals surface area contributed by atoms with Gasteiger partial charge in [0.2, 0.25) is 0 Å². The number of aryl methyl sites for hydroxylation is 1. The van der Waals surface area contributed by atoms with Gasteiger partial charge in [0.1, 0.15) is 0 Å². The molecule has 1 aliphatic carbocycles. The fourth-order valence-electron chi connectivity index (χ4n) is 2.83. The van der Waals surface area contributed by atoms with Gasteiger partial charge in [0.15, 0.2) is 5.75 Å². The van der Waals surface area contributed by atoms with Crippen LogP contribution >= 0.6 is 0 Å². The van der Waals surface area contributed by atoms with Crippen LogP contribution in [0.5, 0.6) is 5.75 Å². The highest BCUT2D eigenvalue weighted by Gasteiger charge is 2.23. The molecule has 5 nitrogen and oxygen atoms in total. The molecule has 0 aliphatic heterocycles. The van der Waals surface area contributed by atoms with Gasteiger partial charge in [-0.1, -0.05) is 24.3 Å². The Morgan fingerprint density at radius 3 is 2.86 bits per heavy atom. The van der Waals surface area contributed by atoms with E-state index < -0.39 is 4.92 Å². The van der Waals surface area contributed by atoms with E-state index in [1.54, 1.807) is 6.07 Å². The molecule has 1 N–H and O–H groups in total. The summed E-state index contributed by atoms with van der Waals surface area (Å²) in [5.74, 6) is 0.275. The van der Waals surface area contributed by atoms with Crippen LogP contribution in [0.15, 0.2) is 42.5 Å². The number of benzene rings is 2. The topological polar surface area (TPSA) is 64.4 Å². The summed E-state index contributed by atoms with van der Waals surface area (Å²) in [6.07, 6.45) is 2.03. The average molecular weight is 284 g/mol. The van der Waals surface area contributed by atoms with Crippen LogP contribution in [0.25, 0.3) is 0 Å². The number of hydrogen-bond acceptors (Lipinski definition) is 4. The highest BCUT2D eigenvalue weighted by Crippen LogP contribution is 2.36. The lowest BCUT2D eigenvalue weighted by Crippen LogP contribution is -2.07. The Bertz CT molecular complexity index is 685. The van der Waals surface area contributed by atoms with Gasteiger partial charge in [0.25, 0.3) is 0 Å². The summed E-state index contributed by atoms with van der Waals surface area (Å²) >= 11 is 0. The first-order chi connectivity index (χ1) is 10.2. The van der Waals surface area contributed by atoms with Crippen LogP contribution < -0.4 is 10.1 Å². The highest BCUT2D eigenvalue weighted by molar-refractivity contribution is 5.59. The number of methoxy groups -OCH3 is 1. The molecule has 1 atom stereocenters. The number of fused-ring (bicyclic) bond motifs is 1. The van der Waals surface area contributed by atoms with Crippen LogP contribution in [0.3, 0.4) is 0 Å². The van der Waals surface area contributed by atoms with Crippen molar-refractivity contribution >= 4 is 11.4 Å². The maximum absolute atomic E-state index is 11.1. The summed E-state index contributed by atoms with van der Waals surface area (Å²) in [5.41, 5.74) is 3.34. The molecule has 1 aliphatic rings. The van der Waals surface area contributed by atoms with E-state index in [1.165, 1.54) is 24.3 Å². The van der Waals surface area contributed by atoms with Crippen molar-refractivity contribution in [1.82, 2.24) is 0 Å². The van der Waals surface area contributed by atoms with Crippen LogP contribution in [-0.4, -0.2) is 12.0 Å². The van der Waals surface area contributed by atoms with Crippen LogP contribution in [0.2, 0.25) is 0 Å². The molecule has 0 fully saturated rings. The quantitative estimate of drug-likeness (QED) is 0.686. The second kappa shape index (κ2) is 5.44. The van der Waals surface area contributed by atoms with E-state index in [2.05, 4.69) is 17.4 Å². The maximum Gasteiger partial charge on any atom is 0.312 e. The highest BCUT2D eigenvalue weighted by atomic mass is 16.6. The molecule has 0 spiro atoms. The van der Waals surface area contributed by atoms with E-state index in [0.29, 0.717) is 0 Å². The summed E-state index contributed by atoms with van der Waals surface area (Å²) in [6, 6.07) is 13.5. The van der Waals surface area contributed by atoms with Gasteiger partial charge >= 0.3 is 5.69 Å². The summed E-state index contributed by atoms with van der Waals surface area (Å²) in [5, 5.41) is 14.4. The van der Waals surface area contributed by atoms with E-state index in [9.17, 15) is 10.1 Å². The zero-order valence-electron chi connectivity index (χ0n) is 11.7. The molecule has 3 rings (SSSR count).